The van der Waals surface area contributed by atoms with Gasteiger partial charge in [-0.2, -0.15) is 36.4 Å². The first-order chi connectivity index (χ1) is 25.7. The summed E-state index contributed by atoms with van der Waals surface area (Å²) in [5.74, 6) is 2.27. The van der Waals surface area contributed by atoms with Gasteiger partial charge < -0.3 is 9.47 Å². The molecule has 0 spiro atoms. The van der Waals surface area contributed by atoms with Crippen molar-refractivity contribution in [1.29, 1.82) is 0 Å². The maximum atomic E-state index is 13.5. The Kier molecular flexibility index (Phi) is 18.2. The van der Waals surface area contributed by atoms with Crippen molar-refractivity contribution in [3.05, 3.63) is 211 Å². The summed E-state index contributed by atoms with van der Waals surface area (Å²) in [5.41, 5.74) is 1.28. The molecule has 0 radical (unpaired) electrons. The van der Waals surface area contributed by atoms with Crippen molar-refractivity contribution in [1.82, 2.24) is 0 Å². The average molecular weight is 886 g/mol. The third kappa shape index (κ3) is 11.0. The second kappa shape index (κ2) is 22.8. The molecule has 0 aliphatic carbocycles. The quantitative estimate of drug-likeness (QED) is 0.0823. The molecule has 7 rings (SSSR count). The van der Waals surface area contributed by atoms with Gasteiger partial charge >= 0.3 is 21.1 Å². The predicted molar refractivity (Wildman–Crippen MR) is 221 cm³/mol. The SMILES string of the molecule is CC.CC.COc1cc[c-]cc1.O=C(c1ccc(Oc2cc[c-]cc2)cc1)c1ccc([P+](c2ccccc2)(c2ccccc2)c2ccccc2)cc1.[W+2]. The van der Waals surface area contributed by atoms with E-state index < -0.39 is 7.26 Å². The molecule has 0 aliphatic rings. The fraction of sp³-hybridized carbons (Fsp3) is 0.104. The number of hydrogen-bond acceptors (Lipinski definition) is 3. The number of ether oxygens (including phenoxy) is 2. The van der Waals surface area contributed by atoms with Crippen LogP contribution in [0.2, 0.25) is 0 Å². The zero-order valence-electron chi connectivity index (χ0n) is 31.0. The molecule has 0 amide bonds. The predicted octanol–water partition coefficient (Wildman–Crippen LogP) is 10.7. The van der Waals surface area contributed by atoms with E-state index in [2.05, 4.69) is 115 Å². The molecule has 5 heteroatoms. The van der Waals surface area contributed by atoms with Crippen LogP contribution in [0.15, 0.2) is 188 Å². The van der Waals surface area contributed by atoms with Crippen LogP contribution in [0.25, 0.3) is 0 Å². The van der Waals surface area contributed by atoms with E-state index in [1.165, 1.54) is 21.2 Å². The molecule has 53 heavy (non-hydrogen) atoms. The molecule has 0 bridgehead atoms. The van der Waals surface area contributed by atoms with Crippen molar-refractivity contribution in [3.8, 4) is 17.2 Å². The molecule has 266 valence electrons. The number of benzene rings is 7. The van der Waals surface area contributed by atoms with Crippen LogP contribution >= 0.6 is 7.26 Å². The van der Waals surface area contributed by atoms with Crippen LogP contribution in [-0.2, 0) is 21.1 Å². The number of rotatable bonds is 9. The fourth-order valence-electron chi connectivity index (χ4n) is 5.61. The third-order valence-corrected chi connectivity index (χ3v) is 12.2. The Labute approximate surface area is 331 Å². The van der Waals surface area contributed by atoms with Gasteiger partial charge in [-0.1, -0.05) is 82.3 Å². The molecule has 0 fully saturated rings. The summed E-state index contributed by atoms with van der Waals surface area (Å²) < 4.78 is 10.8. The van der Waals surface area contributed by atoms with E-state index in [9.17, 15) is 4.79 Å². The summed E-state index contributed by atoms with van der Waals surface area (Å²) in [6, 6.07) is 68.2. The maximum Gasteiger partial charge on any atom is 2.00 e. The van der Waals surface area contributed by atoms with Crippen LogP contribution in [0.1, 0.15) is 43.6 Å². The minimum absolute atomic E-state index is 0. The summed E-state index contributed by atoms with van der Waals surface area (Å²) in [6.45, 7) is 8.00. The Balaban J connectivity index is 0.000000506. The number of ketones is 1. The standard InChI is InChI=1S/C37H27O2P.C7H7O.2C2H6.W/c38-37(29-21-25-32(26-22-29)39-31-13-5-1-6-14-31)30-23-27-36(28-24-30)40(33-15-7-2-8-16-33,34-17-9-3-10-18-34)35-19-11-4-12-20-35;1-8-7-5-3-2-4-6-7;2*1-2;/h2-28H;3-6H,1H3;2*1-2H3;/q;-1;;;+2. The number of methoxy groups -OCH3 is 1. The van der Waals surface area contributed by atoms with Crippen molar-refractivity contribution in [2.75, 3.05) is 7.11 Å². The molecular weight excluding hydrogens is 839 g/mol. The number of carbonyl (C=O) groups is 1. The van der Waals surface area contributed by atoms with E-state index in [0.717, 1.165) is 11.5 Å². The number of hydrogen-bond donors (Lipinski definition) is 0. The smallest absolute Gasteiger partial charge is 0.522 e. The van der Waals surface area contributed by atoms with Crippen LogP contribution in [0, 0.1) is 12.1 Å². The largest absolute Gasteiger partial charge is 2.00 e. The molecule has 0 aromatic heterocycles. The summed E-state index contributed by atoms with van der Waals surface area (Å²) in [5, 5.41) is 5.03. The van der Waals surface area contributed by atoms with E-state index in [-0.39, 0.29) is 26.8 Å². The molecule has 7 aromatic rings. The van der Waals surface area contributed by atoms with Crippen molar-refractivity contribution in [3.63, 3.8) is 0 Å². The van der Waals surface area contributed by atoms with E-state index in [1.54, 1.807) is 19.2 Å². The Morgan fingerprint density at radius 3 is 1.11 bits per heavy atom. The van der Waals surface area contributed by atoms with Crippen molar-refractivity contribution < 1.29 is 35.3 Å². The minimum atomic E-state index is -2.20. The van der Waals surface area contributed by atoms with Gasteiger partial charge in [0, 0.05) is 22.6 Å². The zero-order chi connectivity index (χ0) is 37.0. The molecular formula is C48H46O3PW+. The van der Waals surface area contributed by atoms with Crippen molar-refractivity contribution >= 4 is 34.3 Å². The summed E-state index contributed by atoms with van der Waals surface area (Å²) in [6.07, 6.45) is 0. The van der Waals surface area contributed by atoms with Crippen molar-refractivity contribution in [2.24, 2.45) is 0 Å². The molecule has 3 nitrogen and oxygen atoms in total. The van der Waals surface area contributed by atoms with Gasteiger partial charge in [0.25, 0.3) is 0 Å². The molecule has 7 aromatic carbocycles. The van der Waals surface area contributed by atoms with E-state index in [4.69, 9.17) is 9.47 Å². The Morgan fingerprint density at radius 2 is 0.755 bits per heavy atom. The molecule has 0 saturated carbocycles. The van der Waals surface area contributed by atoms with Gasteiger partial charge in [-0.25, -0.2) is 0 Å². The monoisotopic (exact) mass is 885 g/mol. The average Bonchev–Trinajstić information content (AvgIpc) is 3.25. The van der Waals surface area contributed by atoms with E-state index >= 15 is 0 Å². The van der Waals surface area contributed by atoms with Crippen LogP contribution in [0.5, 0.6) is 17.2 Å². The minimum Gasteiger partial charge on any atom is -0.522 e. The molecule has 0 unspecified atom stereocenters. The molecule has 0 aliphatic heterocycles. The van der Waals surface area contributed by atoms with Gasteiger partial charge in [-0.3, -0.25) is 4.79 Å². The first kappa shape index (κ1) is 42.3. The Morgan fingerprint density at radius 1 is 0.434 bits per heavy atom. The zero-order valence-corrected chi connectivity index (χ0v) is 34.8. The molecule has 0 saturated heterocycles. The van der Waals surface area contributed by atoms with Crippen molar-refractivity contribution in [2.45, 2.75) is 27.7 Å². The van der Waals surface area contributed by atoms with Crippen LogP contribution in [0.3, 0.4) is 0 Å². The van der Waals surface area contributed by atoms with Gasteiger partial charge in [0.2, 0.25) is 0 Å². The Hall–Kier alpha value is -5.07. The molecule has 0 atom stereocenters. The van der Waals surface area contributed by atoms with Crippen LogP contribution in [0.4, 0.5) is 0 Å². The Bertz CT molecular complexity index is 1910. The van der Waals surface area contributed by atoms with Gasteiger partial charge in [0.15, 0.2) is 5.78 Å². The second-order valence-electron chi connectivity index (χ2n) is 10.9. The van der Waals surface area contributed by atoms with Gasteiger partial charge in [-0.15, -0.1) is 24.3 Å². The van der Waals surface area contributed by atoms with E-state index in [0.29, 0.717) is 16.9 Å². The summed E-state index contributed by atoms with van der Waals surface area (Å²) in [4.78, 5) is 13.5. The van der Waals surface area contributed by atoms with Gasteiger partial charge in [-0.05, 0) is 84.9 Å². The normalized spacial score (nSPS) is 9.91. The first-order valence-corrected chi connectivity index (χ1v) is 19.4. The topological polar surface area (TPSA) is 35.5 Å². The van der Waals surface area contributed by atoms with Gasteiger partial charge in [0.05, 0.1) is 7.11 Å². The van der Waals surface area contributed by atoms with Gasteiger partial charge in [0.1, 0.15) is 34.2 Å². The molecule has 0 heterocycles. The third-order valence-electron chi connectivity index (χ3n) is 7.91. The summed E-state index contributed by atoms with van der Waals surface area (Å²) >= 11 is 0. The van der Waals surface area contributed by atoms with Crippen LogP contribution in [-0.4, -0.2) is 12.9 Å². The summed E-state index contributed by atoms with van der Waals surface area (Å²) in [7, 11) is -0.550. The second-order valence-corrected chi connectivity index (χ2v) is 14.3. The number of carbonyl (C=O) groups excluding carboxylic acids is 1. The first-order valence-electron chi connectivity index (χ1n) is 17.6. The van der Waals surface area contributed by atoms with E-state index in [1.807, 2.05) is 100 Å². The fourth-order valence-corrected chi connectivity index (χ4v) is 9.85. The maximum absolute atomic E-state index is 13.5. The van der Waals surface area contributed by atoms with Crippen LogP contribution < -0.4 is 30.7 Å². The molecule has 0 N–H and O–H groups in total.